The maximum atomic E-state index is 12.7. The van der Waals surface area contributed by atoms with Crippen molar-refractivity contribution in [2.45, 2.75) is 26.8 Å². The van der Waals surface area contributed by atoms with Gasteiger partial charge in [0.15, 0.2) is 5.65 Å². The monoisotopic (exact) mass is 397 g/mol. The highest BCUT2D eigenvalue weighted by Crippen LogP contribution is 2.23. The highest BCUT2D eigenvalue weighted by atomic mass is 16.5. The van der Waals surface area contributed by atoms with Crippen LogP contribution >= 0.6 is 0 Å². The molecule has 1 aliphatic heterocycles. The van der Waals surface area contributed by atoms with E-state index in [4.69, 9.17) is 4.74 Å². The minimum atomic E-state index is -0.146. The average Bonchev–Trinajstić information content (AvgIpc) is 3.35. The van der Waals surface area contributed by atoms with Crippen molar-refractivity contribution in [3.63, 3.8) is 0 Å². The smallest absolute Gasteiger partial charge is 0.256 e. The first kappa shape index (κ1) is 19.5. The van der Waals surface area contributed by atoms with Crippen molar-refractivity contribution < 1.29 is 9.53 Å². The van der Waals surface area contributed by atoms with Gasteiger partial charge in [-0.1, -0.05) is 0 Å². The Morgan fingerprint density at radius 3 is 2.90 bits per heavy atom. The van der Waals surface area contributed by atoms with Gasteiger partial charge in [0.2, 0.25) is 0 Å². The summed E-state index contributed by atoms with van der Waals surface area (Å²) in [6.07, 6.45) is 6.20. The van der Waals surface area contributed by atoms with Crippen LogP contribution in [0.4, 0.5) is 0 Å². The average molecular weight is 397 g/mol. The first-order valence-electron chi connectivity index (χ1n) is 10.1. The third-order valence-electron chi connectivity index (χ3n) is 5.23. The Bertz CT molecular complexity index is 988. The quantitative estimate of drug-likeness (QED) is 0.606. The second-order valence-electron chi connectivity index (χ2n) is 7.17. The number of fused-ring (bicyclic) bond motifs is 1. The van der Waals surface area contributed by atoms with Crippen molar-refractivity contribution in [1.29, 1.82) is 0 Å². The number of nitrogens with one attached hydrogen (secondary N) is 1. The summed E-state index contributed by atoms with van der Waals surface area (Å²) in [6, 6.07) is 1.90. The number of nitrogens with zero attached hydrogens (tertiary/aromatic N) is 6. The maximum Gasteiger partial charge on any atom is 0.256 e. The third-order valence-corrected chi connectivity index (χ3v) is 5.23. The van der Waals surface area contributed by atoms with Gasteiger partial charge in [-0.25, -0.2) is 9.50 Å². The van der Waals surface area contributed by atoms with E-state index in [0.717, 1.165) is 62.8 Å². The van der Waals surface area contributed by atoms with Crippen LogP contribution in [0.5, 0.6) is 0 Å². The summed E-state index contributed by atoms with van der Waals surface area (Å²) in [6.45, 7) is 9.90. The Morgan fingerprint density at radius 1 is 1.31 bits per heavy atom. The molecule has 0 spiro atoms. The third kappa shape index (κ3) is 4.15. The van der Waals surface area contributed by atoms with E-state index >= 15 is 0 Å². The molecule has 4 rings (SSSR count). The molecule has 9 heteroatoms. The largest absolute Gasteiger partial charge is 0.379 e. The van der Waals surface area contributed by atoms with E-state index < -0.39 is 0 Å². The van der Waals surface area contributed by atoms with Gasteiger partial charge in [0.1, 0.15) is 5.56 Å². The fraction of sp³-hybridized carbons (Fsp3) is 0.500. The minimum Gasteiger partial charge on any atom is -0.379 e. The normalized spacial score (nSPS) is 15.1. The number of aryl methyl sites for hydroxylation is 2. The summed E-state index contributed by atoms with van der Waals surface area (Å²) >= 11 is 0. The van der Waals surface area contributed by atoms with Gasteiger partial charge < -0.3 is 10.1 Å². The number of aromatic nitrogens is 5. The zero-order valence-corrected chi connectivity index (χ0v) is 17.0. The number of hydrogen-bond acceptors (Lipinski definition) is 6. The number of rotatable bonds is 7. The molecule has 0 aliphatic carbocycles. The van der Waals surface area contributed by atoms with Crippen molar-refractivity contribution in [3.05, 3.63) is 35.9 Å². The van der Waals surface area contributed by atoms with Crippen molar-refractivity contribution >= 4 is 11.6 Å². The van der Waals surface area contributed by atoms with E-state index in [9.17, 15) is 4.79 Å². The second kappa shape index (κ2) is 8.71. The van der Waals surface area contributed by atoms with Gasteiger partial charge in [0.05, 0.1) is 30.8 Å². The molecule has 1 amide bonds. The molecule has 1 N–H and O–H groups in total. The topological polar surface area (TPSA) is 89.6 Å². The molecule has 0 aromatic carbocycles. The van der Waals surface area contributed by atoms with Crippen molar-refractivity contribution in [1.82, 2.24) is 34.6 Å². The van der Waals surface area contributed by atoms with Gasteiger partial charge in [0, 0.05) is 44.1 Å². The van der Waals surface area contributed by atoms with Gasteiger partial charge >= 0.3 is 0 Å². The van der Waals surface area contributed by atoms with Gasteiger partial charge in [-0.15, -0.1) is 0 Å². The number of hydrogen-bond donors (Lipinski definition) is 1. The molecule has 0 radical (unpaired) electrons. The summed E-state index contributed by atoms with van der Waals surface area (Å²) in [5.41, 5.74) is 3.82. The summed E-state index contributed by atoms with van der Waals surface area (Å²) in [4.78, 5) is 19.4. The standard InChI is InChI=1S/C20H27N7O2/c1-3-26-14-17(15(2)24-26)18-5-7-21-19-16(13-23-27(18)19)20(28)22-6-4-8-25-9-11-29-12-10-25/h5,7,13-14H,3-4,6,8-12H2,1-2H3,(H,22,28). The molecule has 0 unspecified atom stereocenters. The van der Waals surface area contributed by atoms with E-state index in [1.165, 1.54) is 0 Å². The molecule has 0 atom stereocenters. The summed E-state index contributed by atoms with van der Waals surface area (Å²) in [5.74, 6) is -0.146. The number of amides is 1. The summed E-state index contributed by atoms with van der Waals surface area (Å²) < 4.78 is 8.96. The highest BCUT2D eigenvalue weighted by molar-refractivity contribution is 5.99. The van der Waals surface area contributed by atoms with Crippen LogP contribution < -0.4 is 5.32 Å². The van der Waals surface area contributed by atoms with Gasteiger partial charge in [0.25, 0.3) is 5.91 Å². The van der Waals surface area contributed by atoms with Crippen LogP contribution in [0, 0.1) is 6.92 Å². The minimum absolute atomic E-state index is 0.146. The second-order valence-corrected chi connectivity index (χ2v) is 7.17. The Kier molecular flexibility index (Phi) is 5.86. The van der Waals surface area contributed by atoms with Crippen LogP contribution in [0.25, 0.3) is 16.9 Å². The predicted molar refractivity (Wildman–Crippen MR) is 109 cm³/mol. The van der Waals surface area contributed by atoms with E-state index in [1.807, 2.05) is 30.8 Å². The van der Waals surface area contributed by atoms with Gasteiger partial charge in [-0.05, 0) is 32.9 Å². The van der Waals surface area contributed by atoms with Crippen molar-refractivity contribution in [3.8, 4) is 11.3 Å². The zero-order chi connectivity index (χ0) is 20.2. The van der Waals surface area contributed by atoms with E-state index in [0.29, 0.717) is 17.8 Å². The van der Waals surface area contributed by atoms with Crippen molar-refractivity contribution in [2.24, 2.45) is 0 Å². The SMILES string of the molecule is CCn1cc(-c2ccnc3c(C(=O)NCCCN4CCOCC4)cnn23)c(C)n1. The predicted octanol–water partition coefficient (Wildman–Crippen LogP) is 1.37. The maximum absolute atomic E-state index is 12.7. The van der Waals surface area contributed by atoms with Crippen LogP contribution in [-0.4, -0.2) is 74.6 Å². The lowest BCUT2D eigenvalue weighted by molar-refractivity contribution is 0.0374. The first-order valence-corrected chi connectivity index (χ1v) is 10.1. The van der Waals surface area contributed by atoms with Gasteiger partial charge in [-0.3, -0.25) is 14.4 Å². The lowest BCUT2D eigenvalue weighted by Crippen LogP contribution is -2.38. The molecule has 29 heavy (non-hydrogen) atoms. The van der Waals surface area contributed by atoms with E-state index in [1.54, 1.807) is 16.9 Å². The zero-order valence-electron chi connectivity index (χ0n) is 17.0. The molecule has 1 fully saturated rings. The lowest BCUT2D eigenvalue weighted by Gasteiger charge is -2.26. The van der Waals surface area contributed by atoms with Crippen LogP contribution in [0.15, 0.2) is 24.7 Å². The van der Waals surface area contributed by atoms with Crippen molar-refractivity contribution in [2.75, 3.05) is 39.4 Å². The first-order chi connectivity index (χ1) is 14.2. The fourth-order valence-corrected chi connectivity index (χ4v) is 3.61. The molecule has 0 saturated carbocycles. The Labute approximate surface area is 169 Å². The number of carbonyl (C=O) groups excluding carboxylic acids is 1. The molecule has 3 aromatic rings. The number of morpholine rings is 1. The fourth-order valence-electron chi connectivity index (χ4n) is 3.61. The number of carbonyl (C=O) groups is 1. The van der Waals surface area contributed by atoms with Crippen LogP contribution in [-0.2, 0) is 11.3 Å². The molecule has 154 valence electrons. The summed E-state index contributed by atoms with van der Waals surface area (Å²) in [7, 11) is 0. The Morgan fingerprint density at radius 2 is 2.14 bits per heavy atom. The van der Waals surface area contributed by atoms with E-state index in [-0.39, 0.29) is 5.91 Å². The molecule has 3 aromatic heterocycles. The molecule has 1 aliphatic rings. The molecule has 4 heterocycles. The lowest BCUT2D eigenvalue weighted by atomic mass is 10.2. The van der Waals surface area contributed by atoms with Crippen LogP contribution in [0.3, 0.4) is 0 Å². The highest BCUT2D eigenvalue weighted by Gasteiger charge is 2.18. The van der Waals surface area contributed by atoms with Crippen LogP contribution in [0.2, 0.25) is 0 Å². The summed E-state index contributed by atoms with van der Waals surface area (Å²) in [5, 5.41) is 11.9. The molecule has 1 saturated heterocycles. The molecular formula is C20H27N7O2. The Hall–Kier alpha value is -2.78. The van der Waals surface area contributed by atoms with Crippen LogP contribution in [0.1, 0.15) is 29.4 Å². The molecule has 9 nitrogen and oxygen atoms in total. The number of ether oxygens (including phenoxy) is 1. The van der Waals surface area contributed by atoms with E-state index in [2.05, 4.69) is 25.4 Å². The Balaban J connectivity index is 1.45. The molecule has 0 bridgehead atoms. The van der Waals surface area contributed by atoms with Gasteiger partial charge in [-0.2, -0.15) is 10.2 Å². The molecular weight excluding hydrogens is 370 g/mol.